The largest absolute Gasteiger partial charge is 0.478 e. The van der Waals surface area contributed by atoms with Gasteiger partial charge in [-0.3, -0.25) is 0 Å². The molecule has 7 heteroatoms. The topological polar surface area (TPSA) is 72.3 Å². The SMILES string of the molecule is Cc1nsc(Oc2ccc(F)cc2C(=O)O)n1. The Morgan fingerprint density at radius 1 is 1.53 bits per heavy atom. The van der Waals surface area contributed by atoms with Gasteiger partial charge in [-0.2, -0.15) is 9.36 Å². The number of ether oxygens (including phenoxy) is 1. The van der Waals surface area contributed by atoms with Gasteiger partial charge in [0.15, 0.2) is 0 Å². The number of halogens is 1. The summed E-state index contributed by atoms with van der Waals surface area (Å²) in [6, 6.07) is 3.26. The highest BCUT2D eigenvalue weighted by atomic mass is 32.1. The van der Waals surface area contributed by atoms with Gasteiger partial charge in [0.1, 0.15) is 23.0 Å². The lowest BCUT2D eigenvalue weighted by molar-refractivity contribution is 0.0693. The van der Waals surface area contributed by atoms with E-state index in [1.165, 1.54) is 6.07 Å². The number of aromatic carboxylic acids is 1. The number of carboxylic acids is 1. The summed E-state index contributed by atoms with van der Waals surface area (Å²) in [6.45, 7) is 1.69. The molecule has 17 heavy (non-hydrogen) atoms. The molecule has 0 spiro atoms. The zero-order valence-corrected chi connectivity index (χ0v) is 9.49. The fourth-order valence-corrected chi connectivity index (χ4v) is 1.72. The summed E-state index contributed by atoms with van der Waals surface area (Å²) in [5, 5.41) is 9.11. The van der Waals surface area contributed by atoms with E-state index in [2.05, 4.69) is 9.36 Å². The van der Waals surface area contributed by atoms with E-state index in [4.69, 9.17) is 9.84 Å². The van der Waals surface area contributed by atoms with E-state index in [9.17, 15) is 9.18 Å². The van der Waals surface area contributed by atoms with Crippen LogP contribution in [-0.4, -0.2) is 20.4 Å². The summed E-state index contributed by atoms with van der Waals surface area (Å²) >= 11 is 0.999. The minimum absolute atomic E-state index is 0.0371. The highest BCUT2D eigenvalue weighted by Gasteiger charge is 2.14. The minimum Gasteiger partial charge on any atom is -0.478 e. The molecule has 0 saturated heterocycles. The smallest absolute Gasteiger partial charge is 0.339 e. The maximum absolute atomic E-state index is 12.9. The van der Waals surface area contributed by atoms with Crippen LogP contribution in [0.15, 0.2) is 18.2 Å². The van der Waals surface area contributed by atoms with Crippen LogP contribution in [0.25, 0.3) is 0 Å². The van der Waals surface area contributed by atoms with Gasteiger partial charge in [-0.25, -0.2) is 9.18 Å². The number of hydrogen-bond donors (Lipinski definition) is 1. The summed E-state index contributed by atoms with van der Waals surface area (Å²) in [6.07, 6.45) is 0. The van der Waals surface area contributed by atoms with Gasteiger partial charge < -0.3 is 9.84 Å². The highest BCUT2D eigenvalue weighted by molar-refractivity contribution is 7.07. The van der Waals surface area contributed by atoms with Gasteiger partial charge in [0.05, 0.1) is 0 Å². The molecular weight excluding hydrogens is 247 g/mol. The van der Waals surface area contributed by atoms with Crippen LogP contribution in [-0.2, 0) is 0 Å². The zero-order chi connectivity index (χ0) is 12.4. The van der Waals surface area contributed by atoms with Crippen molar-refractivity contribution in [3.05, 3.63) is 35.4 Å². The molecule has 1 N–H and O–H groups in total. The average molecular weight is 254 g/mol. The van der Waals surface area contributed by atoms with Crippen LogP contribution >= 0.6 is 11.5 Å². The molecule has 2 rings (SSSR count). The fourth-order valence-electron chi connectivity index (χ4n) is 1.17. The van der Waals surface area contributed by atoms with Gasteiger partial charge in [0, 0.05) is 11.5 Å². The van der Waals surface area contributed by atoms with Crippen molar-refractivity contribution in [3.8, 4) is 10.9 Å². The molecule has 0 fully saturated rings. The van der Waals surface area contributed by atoms with E-state index < -0.39 is 11.8 Å². The van der Waals surface area contributed by atoms with Crippen LogP contribution in [0.2, 0.25) is 0 Å². The number of carbonyl (C=O) groups is 1. The van der Waals surface area contributed by atoms with Gasteiger partial charge in [-0.15, -0.1) is 0 Å². The Morgan fingerprint density at radius 3 is 2.88 bits per heavy atom. The first-order chi connectivity index (χ1) is 8.06. The number of aromatic nitrogens is 2. The Hall–Kier alpha value is -2.02. The third kappa shape index (κ3) is 2.56. The molecule has 0 unspecified atom stereocenters. The molecule has 5 nitrogen and oxygen atoms in total. The maximum Gasteiger partial charge on any atom is 0.339 e. The first kappa shape index (κ1) is 11.5. The van der Waals surface area contributed by atoms with Crippen LogP contribution in [0.4, 0.5) is 4.39 Å². The first-order valence-electron chi connectivity index (χ1n) is 4.57. The van der Waals surface area contributed by atoms with Crippen LogP contribution in [0, 0.1) is 12.7 Å². The highest BCUT2D eigenvalue weighted by Crippen LogP contribution is 2.27. The van der Waals surface area contributed by atoms with Crippen molar-refractivity contribution in [2.45, 2.75) is 6.92 Å². The fraction of sp³-hybridized carbons (Fsp3) is 0.100. The van der Waals surface area contributed by atoms with Crippen molar-refractivity contribution in [2.24, 2.45) is 0 Å². The second-order valence-corrected chi connectivity index (χ2v) is 3.87. The average Bonchev–Trinajstić information content (AvgIpc) is 2.66. The molecule has 1 heterocycles. The second kappa shape index (κ2) is 4.46. The van der Waals surface area contributed by atoms with Crippen molar-refractivity contribution >= 4 is 17.5 Å². The van der Waals surface area contributed by atoms with Crippen molar-refractivity contribution in [3.63, 3.8) is 0 Å². The molecular formula is C10H7FN2O3S. The second-order valence-electron chi connectivity index (χ2n) is 3.16. The van der Waals surface area contributed by atoms with Crippen molar-refractivity contribution < 1.29 is 19.0 Å². The molecule has 1 aromatic heterocycles. The summed E-state index contributed by atoms with van der Waals surface area (Å²) in [5.74, 6) is -1.33. The third-order valence-electron chi connectivity index (χ3n) is 1.88. The van der Waals surface area contributed by atoms with Crippen LogP contribution in [0.5, 0.6) is 10.9 Å². The predicted molar refractivity (Wildman–Crippen MR) is 58.1 cm³/mol. The number of nitrogens with zero attached hydrogens (tertiary/aromatic N) is 2. The Kier molecular flexibility index (Phi) is 3.01. The lowest BCUT2D eigenvalue weighted by Crippen LogP contribution is -2.00. The van der Waals surface area contributed by atoms with Crippen LogP contribution in [0.3, 0.4) is 0 Å². The monoisotopic (exact) mass is 254 g/mol. The molecule has 0 radical (unpaired) electrons. The number of rotatable bonds is 3. The Morgan fingerprint density at radius 2 is 2.29 bits per heavy atom. The minimum atomic E-state index is -1.26. The molecule has 0 atom stereocenters. The number of carboxylic acid groups (broad SMARTS) is 1. The summed E-state index contributed by atoms with van der Waals surface area (Å²) < 4.78 is 22.0. The molecule has 88 valence electrons. The predicted octanol–water partition coefficient (Wildman–Crippen LogP) is 2.48. The molecule has 0 saturated carbocycles. The Balaban J connectivity index is 2.35. The van der Waals surface area contributed by atoms with Crippen molar-refractivity contribution in [1.82, 2.24) is 9.36 Å². The summed E-state index contributed by atoms with van der Waals surface area (Å²) in [4.78, 5) is 14.8. The molecule has 0 aliphatic rings. The third-order valence-corrected chi connectivity index (χ3v) is 2.56. The first-order valence-corrected chi connectivity index (χ1v) is 5.34. The van der Waals surface area contributed by atoms with Crippen molar-refractivity contribution in [1.29, 1.82) is 0 Å². The lowest BCUT2D eigenvalue weighted by Gasteiger charge is -2.04. The van der Waals surface area contributed by atoms with Gasteiger partial charge in [0.2, 0.25) is 0 Å². The van der Waals surface area contributed by atoms with E-state index in [1.54, 1.807) is 6.92 Å². The van der Waals surface area contributed by atoms with Crippen LogP contribution in [0.1, 0.15) is 16.2 Å². The van der Waals surface area contributed by atoms with E-state index in [1.807, 2.05) is 0 Å². The van der Waals surface area contributed by atoms with Crippen molar-refractivity contribution in [2.75, 3.05) is 0 Å². The van der Waals surface area contributed by atoms with E-state index in [0.717, 1.165) is 23.7 Å². The number of benzene rings is 1. The maximum atomic E-state index is 12.9. The number of hydrogen-bond acceptors (Lipinski definition) is 5. The quantitative estimate of drug-likeness (QED) is 0.910. The molecule has 0 aliphatic heterocycles. The van der Waals surface area contributed by atoms with Gasteiger partial charge in [0.25, 0.3) is 5.19 Å². The molecule has 2 aromatic rings. The van der Waals surface area contributed by atoms with Crippen LogP contribution < -0.4 is 4.74 Å². The van der Waals surface area contributed by atoms with Gasteiger partial charge in [-0.05, 0) is 25.1 Å². The number of aryl methyl sites for hydroxylation is 1. The normalized spacial score (nSPS) is 10.2. The molecule has 1 aromatic carbocycles. The van der Waals surface area contributed by atoms with Gasteiger partial charge >= 0.3 is 5.97 Å². The molecule has 0 bridgehead atoms. The lowest BCUT2D eigenvalue weighted by atomic mass is 10.2. The molecule has 0 amide bonds. The van der Waals surface area contributed by atoms with Gasteiger partial charge in [-0.1, -0.05) is 0 Å². The summed E-state index contributed by atoms with van der Waals surface area (Å²) in [5.41, 5.74) is -0.252. The standard InChI is InChI=1S/C10H7FN2O3S/c1-5-12-10(17-13-5)16-8-3-2-6(11)4-7(8)9(14)15/h2-4H,1H3,(H,14,15). The summed E-state index contributed by atoms with van der Waals surface area (Å²) in [7, 11) is 0. The van der Waals surface area contributed by atoms with E-state index >= 15 is 0 Å². The molecule has 0 aliphatic carbocycles. The Labute approximate surface area is 99.7 Å². The zero-order valence-electron chi connectivity index (χ0n) is 8.68. The Bertz CT molecular complexity index is 570. The van der Waals surface area contributed by atoms with E-state index in [-0.39, 0.29) is 16.5 Å². The van der Waals surface area contributed by atoms with E-state index in [0.29, 0.717) is 5.82 Å².